The van der Waals surface area contributed by atoms with Crippen molar-refractivity contribution in [2.45, 2.75) is 38.7 Å². The smallest absolute Gasteiger partial charge is 0.319 e. The Morgan fingerprint density at radius 1 is 1.32 bits per heavy atom. The zero-order chi connectivity index (χ0) is 15.9. The summed E-state index contributed by atoms with van der Waals surface area (Å²) in [6.07, 6.45) is 3.72. The number of carbonyl (C=O) groups is 2. The van der Waals surface area contributed by atoms with Gasteiger partial charge in [0.15, 0.2) is 0 Å². The van der Waals surface area contributed by atoms with E-state index in [1.165, 1.54) is 14.0 Å². The molecule has 1 amide bonds. The second-order valence-corrected chi connectivity index (χ2v) is 5.28. The van der Waals surface area contributed by atoms with Gasteiger partial charge in [0.25, 0.3) is 0 Å². The molecular formula is C15H21N3O4. The Kier molecular flexibility index (Phi) is 5.68. The first-order valence-corrected chi connectivity index (χ1v) is 7.39. The van der Waals surface area contributed by atoms with Gasteiger partial charge in [-0.2, -0.15) is 4.98 Å². The molecule has 120 valence electrons. The Bertz CT molecular complexity index is 527. The summed E-state index contributed by atoms with van der Waals surface area (Å²) in [5.74, 6) is 0.565. The van der Waals surface area contributed by atoms with E-state index in [9.17, 15) is 9.59 Å². The summed E-state index contributed by atoms with van der Waals surface area (Å²) in [4.78, 5) is 32.7. The molecule has 1 aromatic heterocycles. The van der Waals surface area contributed by atoms with Crippen LogP contribution in [0.1, 0.15) is 32.6 Å². The van der Waals surface area contributed by atoms with E-state index in [2.05, 4.69) is 9.97 Å². The van der Waals surface area contributed by atoms with Crippen molar-refractivity contribution in [2.75, 3.05) is 20.2 Å². The third kappa shape index (κ3) is 4.68. The van der Waals surface area contributed by atoms with Crippen molar-refractivity contribution in [3.63, 3.8) is 0 Å². The highest BCUT2D eigenvalue weighted by atomic mass is 16.5. The molecule has 1 saturated heterocycles. The molecule has 1 fully saturated rings. The summed E-state index contributed by atoms with van der Waals surface area (Å²) in [7, 11) is 1.50. The lowest BCUT2D eigenvalue weighted by atomic mass is 10.1. The summed E-state index contributed by atoms with van der Waals surface area (Å²) in [6, 6.07) is 1.96. The highest BCUT2D eigenvalue weighted by Crippen LogP contribution is 2.19. The van der Waals surface area contributed by atoms with E-state index in [1.807, 2.05) is 0 Å². The predicted molar refractivity (Wildman–Crippen MR) is 78.7 cm³/mol. The van der Waals surface area contributed by atoms with E-state index in [0.717, 1.165) is 12.8 Å². The highest BCUT2D eigenvalue weighted by molar-refractivity contribution is 5.83. The lowest BCUT2D eigenvalue weighted by Gasteiger charge is -2.32. The Labute approximate surface area is 129 Å². The molecule has 0 bridgehead atoms. The summed E-state index contributed by atoms with van der Waals surface area (Å²) < 4.78 is 10.8. The van der Waals surface area contributed by atoms with Crippen LogP contribution in [0, 0.1) is 0 Å². The van der Waals surface area contributed by atoms with Gasteiger partial charge in [-0.1, -0.05) is 0 Å². The van der Waals surface area contributed by atoms with Crippen LogP contribution in [0.15, 0.2) is 12.3 Å². The standard InChI is InChI=1S/C15H21N3O4/c1-11(19)3-4-14(20)18-9-6-12(7-10-18)22-13-5-8-16-15(17-13)21-2/h5,8,12H,3-4,6-7,9-10H2,1-2H3. The van der Waals surface area contributed by atoms with E-state index in [4.69, 9.17) is 9.47 Å². The zero-order valence-electron chi connectivity index (χ0n) is 12.9. The number of hydrogen-bond donors (Lipinski definition) is 0. The monoisotopic (exact) mass is 307 g/mol. The number of piperidine rings is 1. The molecule has 7 heteroatoms. The average Bonchev–Trinajstić information content (AvgIpc) is 2.53. The van der Waals surface area contributed by atoms with E-state index in [-0.39, 0.29) is 23.8 Å². The third-order valence-corrected chi connectivity index (χ3v) is 3.56. The molecule has 1 aliphatic heterocycles. The number of hydrogen-bond acceptors (Lipinski definition) is 6. The van der Waals surface area contributed by atoms with Crippen LogP contribution in [-0.4, -0.2) is 52.9 Å². The van der Waals surface area contributed by atoms with Crippen LogP contribution in [0.4, 0.5) is 0 Å². The molecule has 2 heterocycles. The Balaban J connectivity index is 1.79. The minimum absolute atomic E-state index is 0.0245. The lowest BCUT2D eigenvalue weighted by molar-refractivity contribution is -0.134. The summed E-state index contributed by atoms with van der Waals surface area (Å²) in [5.41, 5.74) is 0. The van der Waals surface area contributed by atoms with Crippen LogP contribution in [0.5, 0.6) is 11.9 Å². The first-order chi connectivity index (χ1) is 10.6. The molecule has 2 rings (SSSR count). The minimum atomic E-state index is 0.0245. The summed E-state index contributed by atoms with van der Waals surface area (Å²) >= 11 is 0. The number of amides is 1. The number of nitrogens with zero attached hydrogens (tertiary/aromatic N) is 3. The maximum absolute atomic E-state index is 11.9. The molecule has 0 saturated carbocycles. The van der Waals surface area contributed by atoms with Gasteiger partial charge in [0, 0.05) is 51.0 Å². The molecule has 0 atom stereocenters. The van der Waals surface area contributed by atoms with Crippen molar-refractivity contribution in [1.29, 1.82) is 0 Å². The second kappa shape index (κ2) is 7.72. The zero-order valence-corrected chi connectivity index (χ0v) is 12.9. The van der Waals surface area contributed by atoms with Crippen LogP contribution in [0.2, 0.25) is 0 Å². The highest BCUT2D eigenvalue weighted by Gasteiger charge is 2.24. The molecule has 0 aromatic carbocycles. The van der Waals surface area contributed by atoms with Gasteiger partial charge in [-0.3, -0.25) is 4.79 Å². The first-order valence-electron chi connectivity index (χ1n) is 7.39. The van der Waals surface area contributed by atoms with Gasteiger partial charge in [-0.25, -0.2) is 4.98 Å². The number of Topliss-reactive ketones (excluding diaryl/α,β-unsaturated/α-hetero) is 1. The van der Waals surface area contributed by atoms with Gasteiger partial charge in [0.2, 0.25) is 11.8 Å². The predicted octanol–water partition coefficient (Wildman–Crippen LogP) is 1.22. The van der Waals surface area contributed by atoms with Crippen molar-refractivity contribution >= 4 is 11.7 Å². The van der Waals surface area contributed by atoms with Crippen LogP contribution >= 0.6 is 0 Å². The Hall–Kier alpha value is -2.18. The topological polar surface area (TPSA) is 81.6 Å². The first kappa shape index (κ1) is 16.2. The number of likely N-dealkylation sites (tertiary alicyclic amines) is 1. The van der Waals surface area contributed by atoms with Gasteiger partial charge in [0.05, 0.1) is 7.11 Å². The molecule has 1 aromatic rings. The van der Waals surface area contributed by atoms with Crippen LogP contribution < -0.4 is 9.47 Å². The van der Waals surface area contributed by atoms with Gasteiger partial charge in [-0.15, -0.1) is 0 Å². The van der Waals surface area contributed by atoms with Gasteiger partial charge in [-0.05, 0) is 6.92 Å². The van der Waals surface area contributed by atoms with E-state index in [1.54, 1.807) is 17.2 Å². The molecule has 1 aliphatic rings. The molecule has 0 aliphatic carbocycles. The maximum atomic E-state index is 11.9. The number of aromatic nitrogens is 2. The molecule has 0 spiro atoms. The van der Waals surface area contributed by atoms with Crippen molar-refractivity contribution in [1.82, 2.24) is 14.9 Å². The van der Waals surface area contributed by atoms with Crippen molar-refractivity contribution in [3.05, 3.63) is 12.3 Å². The van der Waals surface area contributed by atoms with E-state index in [0.29, 0.717) is 31.8 Å². The van der Waals surface area contributed by atoms with E-state index >= 15 is 0 Å². The number of ether oxygens (including phenoxy) is 2. The normalized spacial score (nSPS) is 15.5. The van der Waals surface area contributed by atoms with Crippen molar-refractivity contribution in [3.8, 4) is 11.9 Å². The van der Waals surface area contributed by atoms with Gasteiger partial charge >= 0.3 is 6.01 Å². The number of carbonyl (C=O) groups excluding carboxylic acids is 2. The summed E-state index contributed by atoms with van der Waals surface area (Å²) in [6.45, 7) is 2.79. The molecule has 7 nitrogen and oxygen atoms in total. The summed E-state index contributed by atoms with van der Waals surface area (Å²) in [5, 5.41) is 0. The fourth-order valence-corrected chi connectivity index (χ4v) is 2.32. The molecule has 0 radical (unpaired) electrons. The molecular weight excluding hydrogens is 286 g/mol. The van der Waals surface area contributed by atoms with E-state index < -0.39 is 0 Å². The molecule has 0 N–H and O–H groups in total. The maximum Gasteiger partial charge on any atom is 0.319 e. The third-order valence-electron chi connectivity index (χ3n) is 3.56. The lowest BCUT2D eigenvalue weighted by Crippen LogP contribution is -2.41. The fourth-order valence-electron chi connectivity index (χ4n) is 2.32. The van der Waals surface area contributed by atoms with Crippen molar-refractivity contribution in [2.24, 2.45) is 0 Å². The number of methoxy groups -OCH3 is 1. The van der Waals surface area contributed by atoms with Crippen LogP contribution in [0.3, 0.4) is 0 Å². The van der Waals surface area contributed by atoms with Crippen LogP contribution in [-0.2, 0) is 9.59 Å². The fraction of sp³-hybridized carbons (Fsp3) is 0.600. The largest absolute Gasteiger partial charge is 0.474 e. The van der Waals surface area contributed by atoms with Gasteiger partial charge < -0.3 is 19.2 Å². The second-order valence-electron chi connectivity index (χ2n) is 5.28. The van der Waals surface area contributed by atoms with Crippen molar-refractivity contribution < 1.29 is 19.1 Å². The molecule has 22 heavy (non-hydrogen) atoms. The minimum Gasteiger partial charge on any atom is -0.474 e. The average molecular weight is 307 g/mol. The quantitative estimate of drug-likeness (QED) is 0.786. The Morgan fingerprint density at radius 3 is 2.68 bits per heavy atom. The number of ketones is 1. The van der Waals surface area contributed by atoms with Crippen LogP contribution in [0.25, 0.3) is 0 Å². The SMILES string of the molecule is COc1nccc(OC2CCN(C(=O)CCC(C)=O)CC2)n1. The van der Waals surface area contributed by atoms with Gasteiger partial charge in [0.1, 0.15) is 11.9 Å². The number of rotatable bonds is 6. The Morgan fingerprint density at radius 2 is 2.05 bits per heavy atom. The molecule has 0 unspecified atom stereocenters.